The highest BCUT2D eigenvalue weighted by atomic mass is 35.5. The first kappa shape index (κ1) is 24.6. The Kier molecular flexibility index (Phi) is 7.72. The minimum Gasteiger partial charge on any atom is -0.381 e. The Morgan fingerprint density at radius 1 is 0.972 bits per heavy atom. The Bertz CT molecular complexity index is 1380. The number of hydrogen-bond acceptors (Lipinski definition) is 5. The Labute approximate surface area is 213 Å². The summed E-state index contributed by atoms with van der Waals surface area (Å²) in [5.74, 6) is -0.483. The first-order valence-electron chi connectivity index (χ1n) is 12.5. The molecule has 1 fully saturated rings. The molecule has 0 N–H and O–H groups in total. The van der Waals surface area contributed by atoms with Gasteiger partial charge in [-0.3, -0.25) is 18.9 Å². The van der Waals surface area contributed by atoms with Gasteiger partial charge in [0.25, 0.3) is 5.56 Å². The molecule has 0 amide bonds. The SMILES string of the molecule is C1CCOCC1.O=c1c2c(nc3c(-c4ccc(Cl)cc4F)nccn13)CCC2.c1cc2n(n1)CCC2. The summed E-state index contributed by atoms with van der Waals surface area (Å²) in [6.45, 7) is 3.13. The van der Waals surface area contributed by atoms with Crippen LogP contribution in [0.2, 0.25) is 5.02 Å². The van der Waals surface area contributed by atoms with Gasteiger partial charge in [-0.2, -0.15) is 5.10 Å². The average molecular weight is 510 g/mol. The van der Waals surface area contributed by atoms with Crippen LogP contribution >= 0.6 is 11.6 Å². The summed E-state index contributed by atoms with van der Waals surface area (Å²) in [5.41, 5.74) is 3.88. The number of halogens is 2. The van der Waals surface area contributed by atoms with Crippen molar-refractivity contribution in [1.29, 1.82) is 0 Å². The zero-order chi connectivity index (χ0) is 24.9. The molecule has 4 aromatic rings. The molecule has 0 unspecified atom stereocenters. The number of nitrogens with zero attached hydrogens (tertiary/aromatic N) is 5. The monoisotopic (exact) mass is 509 g/mol. The lowest BCUT2D eigenvalue weighted by Gasteiger charge is -2.09. The lowest BCUT2D eigenvalue weighted by Crippen LogP contribution is -2.20. The minimum atomic E-state index is -0.483. The summed E-state index contributed by atoms with van der Waals surface area (Å²) in [7, 11) is 0. The summed E-state index contributed by atoms with van der Waals surface area (Å²) < 4.78 is 22.8. The number of rotatable bonds is 1. The zero-order valence-corrected chi connectivity index (χ0v) is 20.9. The molecule has 0 radical (unpaired) electrons. The van der Waals surface area contributed by atoms with E-state index < -0.39 is 5.82 Å². The third kappa shape index (κ3) is 5.34. The molecule has 0 spiro atoms. The third-order valence-corrected chi connectivity index (χ3v) is 6.87. The van der Waals surface area contributed by atoms with Crippen LogP contribution in [0.5, 0.6) is 0 Å². The molecule has 0 bridgehead atoms. The van der Waals surface area contributed by atoms with E-state index in [0.717, 1.165) is 50.3 Å². The standard InChI is InChI=1S/C16H11ClFN3O.C6H8N2.C5H10O/c17-9-4-5-10(12(18)8-9)14-15-20-13-3-1-2-11(13)16(22)21(15)7-6-19-14;1-2-6-3-4-7-8(6)5-1;1-2-4-6-5-3-1/h4-8H,1-3H2;3-4H,1-2,5H2;1-5H2. The number of fused-ring (bicyclic) bond motifs is 3. The molecule has 0 saturated carbocycles. The molecule has 3 aliphatic rings. The predicted molar refractivity (Wildman–Crippen MR) is 137 cm³/mol. The number of hydrogen-bond donors (Lipinski definition) is 0. The molecule has 1 saturated heterocycles. The van der Waals surface area contributed by atoms with Crippen molar-refractivity contribution in [1.82, 2.24) is 24.1 Å². The molecule has 7 rings (SSSR count). The van der Waals surface area contributed by atoms with Gasteiger partial charge >= 0.3 is 0 Å². The zero-order valence-electron chi connectivity index (χ0n) is 20.1. The van der Waals surface area contributed by atoms with Crippen molar-refractivity contribution < 1.29 is 9.13 Å². The van der Waals surface area contributed by atoms with Gasteiger partial charge in [0.15, 0.2) is 5.65 Å². The van der Waals surface area contributed by atoms with Gasteiger partial charge in [-0.15, -0.1) is 0 Å². The van der Waals surface area contributed by atoms with Gasteiger partial charge in [0.05, 0.1) is 5.69 Å². The second kappa shape index (κ2) is 11.3. The van der Waals surface area contributed by atoms with Crippen LogP contribution in [0.25, 0.3) is 16.9 Å². The van der Waals surface area contributed by atoms with Gasteiger partial charge in [0, 0.05) is 60.2 Å². The quantitative estimate of drug-likeness (QED) is 0.359. The van der Waals surface area contributed by atoms with Crippen molar-refractivity contribution in [3.63, 3.8) is 0 Å². The van der Waals surface area contributed by atoms with Gasteiger partial charge in [0.1, 0.15) is 11.5 Å². The lowest BCUT2D eigenvalue weighted by molar-refractivity contribution is 0.0968. The number of aromatic nitrogens is 5. The number of ether oxygens (including phenoxy) is 1. The molecule has 9 heteroatoms. The van der Waals surface area contributed by atoms with Gasteiger partial charge in [0.2, 0.25) is 0 Å². The summed E-state index contributed by atoms with van der Waals surface area (Å²) in [4.78, 5) is 21.3. The fourth-order valence-corrected chi connectivity index (χ4v) is 4.94. The van der Waals surface area contributed by atoms with Gasteiger partial charge in [-0.1, -0.05) is 11.6 Å². The maximum atomic E-state index is 14.2. The van der Waals surface area contributed by atoms with E-state index in [0.29, 0.717) is 16.4 Å². The van der Waals surface area contributed by atoms with Crippen molar-refractivity contribution in [3.8, 4) is 11.3 Å². The molecule has 36 heavy (non-hydrogen) atoms. The molecule has 188 valence electrons. The smallest absolute Gasteiger partial charge is 0.261 e. The molecule has 5 heterocycles. The molecular formula is C27H29ClFN5O2. The van der Waals surface area contributed by atoms with Crippen LogP contribution in [0, 0.1) is 5.82 Å². The second-order valence-electron chi connectivity index (χ2n) is 9.11. The molecule has 2 aliphatic heterocycles. The Balaban J connectivity index is 0.000000154. The highest BCUT2D eigenvalue weighted by Gasteiger charge is 2.21. The van der Waals surface area contributed by atoms with Gasteiger partial charge in [-0.25, -0.2) is 9.37 Å². The highest BCUT2D eigenvalue weighted by Crippen LogP contribution is 2.27. The Morgan fingerprint density at radius 2 is 1.83 bits per heavy atom. The van der Waals surface area contributed by atoms with E-state index in [9.17, 15) is 9.18 Å². The van der Waals surface area contributed by atoms with Gasteiger partial charge in [-0.05, 0) is 75.6 Å². The molecule has 0 atom stereocenters. The lowest BCUT2D eigenvalue weighted by atomic mass is 10.1. The second-order valence-corrected chi connectivity index (χ2v) is 9.55. The first-order chi connectivity index (χ1) is 17.6. The van der Waals surface area contributed by atoms with Crippen LogP contribution in [0.15, 0.2) is 47.7 Å². The van der Waals surface area contributed by atoms with E-state index in [4.69, 9.17) is 16.3 Å². The summed E-state index contributed by atoms with van der Waals surface area (Å²) >= 11 is 5.79. The fourth-order valence-electron chi connectivity index (χ4n) is 4.78. The van der Waals surface area contributed by atoms with Crippen molar-refractivity contribution >= 4 is 17.2 Å². The van der Waals surface area contributed by atoms with Crippen molar-refractivity contribution in [3.05, 3.63) is 81.0 Å². The van der Waals surface area contributed by atoms with E-state index in [-0.39, 0.29) is 11.1 Å². The highest BCUT2D eigenvalue weighted by molar-refractivity contribution is 6.30. The van der Waals surface area contributed by atoms with Crippen LogP contribution in [0.1, 0.15) is 49.1 Å². The van der Waals surface area contributed by atoms with Crippen LogP contribution < -0.4 is 5.56 Å². The minimum absolute atomic E-state index is 0.0875. The summed E-state index contributed by atoms with van der Waals surface area (Å²) in [5, 5.41) is 4.43. The Morgan fingerprint density at radius 3 is 2.56 bits per heavy atom. The maximum absolute atomic E-state index is 14.2. The van der Waals surface area contributed by atoms with Crippen LogP contribution in [-0.2, 0) is 30.5 Å². The fraction of sp³-hybridized carbons (Fsp3) is 0.407. The molecule has 7 nitrogen and oxygen atoms in total. The van der Waals surface area contributed by atoms with E-state index in [1.807, 2.05) is 6.20 Å². The van der Waals surface area contributed by atoms with E-state index in [1.54, 1.807) is 18.3 Å². The van der Waals surface area contributed by atoms with Crippen LogP contribution in [-0.4, -0.2) is 37.4 Å². The number of benzene rings is 1. The third-order valence-electron chi connectivity index (χ3n) is 6.64. The summed E-state index contributed by atoms with van der Waals surface area (Å²) in [6.07, 6.45) is 13.8. The van der Waals surface area contributed by atoms with E-state index >= 15 is 0 Å². The molecular weight excluding hydrogens is 481 g/mol. The Hall–Kier alpha value is -3.10. The van der Waals surface area contributed by atoms with Crippen molar-refractivity contribution in [2.45, 2.75) is 57.9 Å². The molecule has 1 aromatic carbocycles. The normalized spacial score (nSPS) is 15.9. The van der Waals surface area contributed by atoms with Crippen LogP contribution in [0.4, 0.5) is 4.39 Å². The molecule has 1 aliphatic carbocycles. The topological polar surface area (TPSA) is 74.3 Å². The maximum Gasteiger partial charge on any atom is 0.261 e. The number of aryl methyl sites for hydroxylation is 3. The van der Waals surface area contributed by atoms with Crippen molar-refractivity contribution in [2.24, 2.45) is 0 Å². The average Bonchev–Trinajstić information content (AvgIpc) is 3.65. The summed E-state index contributed by atoms with van der Waals surface area (Å²) in [6, 6.07) is 6.47. The van der Waals surface area contributed by atoms with Crippen LogP contribution in [0.3, 0.4) is 0 Å². The van der Waals surface area contributed by atoms with E-state index in [2.05, 4.69) is 25.8 Å². The first-order valence-corrected chi connectivity index (χ1v) is 12.9. The predicted octanol–water partition coefficient (Wildman–Crippen LogP) is 5.05. The van der Waals surface area contributed by atoms with Gasteiger partial charge < -0.3 is 4.74 Å². The van der Waals surface area contributed by atoms with Crippen molar-refractivity contribution in [2.75, 3.05) is 13.2 Å². The van der Waals surface area contributed by atoms with E-state index in [1.165, 1.54) is 54.5 Å². The molecule has 3 aromatic heterocycles. The largest absolute Gasteiger partial charge is 0.381 e.